The summed E-state index contributed by atoms with van der Waals surface area (Å²) >= 11 is 1.03. The summed E-state index contributed by atoms with van der Waals surface area (Å²) in [5, 5.41) is 3.44. The van der Waals surface area contributed by atoms with Crippen molar-refractivity contribution in [3.63, 3.8) is 0 Å². The minimum Gasteiger partial charge on any atom is -0.382 e. The van der Waals surface area contributed by atoms with Crippen molar-refractivity contribution >= 4 is 32.2 Å². The molecule has 0 unspecified atom stereocenters. The summed E-state index contributed by atoms with van der Waals surface area (Å²) in [6, 6.07) is 5.52. The minimum atomic E-state index is -3.39. The number of nitrogens with two attached hydrogens (primary N) is 1. The Kier molecular flexibility index (Phi) is 3.48. The molecule has 0 aliphatic carbocycles. The van der Waals surface area contributed by atoms with Gasteiger partial charge in [0.05, 0.1) is 12.2 Å². The summed E-state index contributed by atoms with van der Waals surface area (Å²) in [5.74, 6) is 0.0334. The van der Waals surface area contributed by atoms with Crippen LogP contribution >= 0.6 is 11.5 Å². The standard InChI is InChI=1S/C10H12N4O2S2/c1-18(15,16)8-9(11)14-17-10(8)13-6-7-4-2-3-5-12-7/h2-5,13H,6H2,1H3,(H2,11,14). The molecule has 3 N–H and O–H groups in total. The number of rotatable bonds is 4. The molecule has 96 valence electrons. The lowest BCUT2D eigenvalue weighted by Crippen LogP contribution is -2.06. The third-order valence-corrected chi connectivity index (χ3v) is 4.30. The molecule has 0 aliphatic heterocycles. The summed E-state index contributed by atoms with van der Waals surface area (Å²) in [6.07, 6.45) is 2.79. The fourth-order valence-electron chi connectivity index (χ4n) is 1.44. The number of nitrogen functional groups attached to an aromatic ring is 1. The maximum atomic E-state index is 11.6. The van der Waals surface area contributed by atoms with Gasteiger partial charge in [0.15, 0.2) is 15.7 Å². The second-order valence-corrected chi connectivity index (χ2v) is 6.40. The number of hydrogen-bond donors (Lipinski definition) is 2. The van der Waals surface area contributed by atoms with Crippen molar-refractivity contribution in [3.8, 4) is 0 Å². The summed E-state index contributed by atoms with van der Waals surface area (Å²) in [5.41, 5.74) is 6.37. The van der Waals surface area contributed by atoms with Gasteiger partial charge in [-0.15, -0.1) is 0 Å². The van der Waals surface area contributed by atoms with E-state index in [0.29, 0.717) is 11.5 Å². The summed E-state index contributed by atoms with van der Waals surface area (Å²) in [4.78, 5) is 4.19. The molecule has 2 heterocycles. The molecular formula is C10H12N4O2S2. The number of sulfone groups is 1. The first-order valence-electron chi connectivity index (χ1n) is 5.07. The van der Waals surface area contributed by atoms with Crippen molar-refractivity contribution in [1.29, 1.82) is 0 Å². The Hall–Kier alpha value is -1.67. The lowest BCUT2D eigenvalue weighted by atomic mass is 10.3. The van der Waals surface area contributed by atoms with Gasteiger partial charge in [-0.25, -0.2) is 8.42 Å². The monoisotopic (exact) mass is 284 g/mol. The molecule has 0 fully saturated rings. The highest BCUT2D eigenvalue weighted by Crippen LogP contribution is 2.31. The Morgan fingerprint density at radius 3 is 2.83 bits per heavy atom. The van der Waals surface area contributed by atoms with Crippen LogP contribution in [0.15, 0.2) is 29.3 Å². The Morgan fingerprint density at radius 1 is 1.44 bits per heavy atom. The van der Waals surface area contributed by atoms with Gasteiger partial charge in [-0.2, -0.15) is 4.37 Å². The van der Waals surface area contributed by atoms with Gasteiger partial charge in [0.1, 0.15) is 9.90 Å². The molecule has 0 spiro atoms. The van der Waals surface area contributed by atoms with E-state index >= 15 is 0 Å². The van der Waals surface area contributed by atoms with E-state index < -0.39 is 9.84 Å². The van der Waals surface area contributed by atoms with Crippen LogP contribution in [0.3, 0.4) is 0 Å². The summed E-state index contributed by atoms with van der Waals surface area (Å²) in [6.45, 7) is 0.422. The van der Waals surface area contributed by atoms with E-state index in [0.717, 1.165) is 23.5 Å². The zero-order chi connectivity index (χ0) is 13.2. The van der Waals surface area contributed by atoms with Crippen molar-refractivity contribution in [2.75, 3.05) is 17.3 Å². The molecule has 6 nitrogen and oxygen atoms in total. The van der Waals surface area contributed by atoms with Crippen LogP contribution in [0.4, 0.5) is 10.8 Å². The van der Waals surface area contributed by atoms with Crippen molar-refractivity contribution in [3.05, 3.63) is 30.1 Å². The van der Waals surface area contributed by atoms with E-state index in [1.165, 1.54) is 0 Å². The lowest BCUT2D eigenvalue weighted by Gasteiger charge is -2.05. The average Bonchev–Trinajstić information content (AvgIpc) is 2.69. The van der Waals surface area contributed by atoms with Gasteiger partial charge in [0.2, 0.25) is 0 Å². The maximum Gasteiger partial charge on any atom is 0.182 e. The second kappa shape index (κ2) is 4.91. The third kappa shape index (κ3) is 2.77. The van der Waals surface area contributed by atoms with Gasteiger partial charge in [-0.1, -0.05) is 6.07 Å². The average molecular weight is 284 g/mol. The molecule has 0 amide bonds. The summed E-state index contributed by atoms with van der Waals surface area (Å²) < 4.78 is 27.0. The first kappa shape index (κ1) is 12.8. The predicted octanol–water partition coefficient (Wildman–Crippen LogP) is 1.14. The van der Waals surface area contributed by atoms with Crippen LogP contribution in [0, 0.1) is 0 Å². The van der Waals surface area contributed by atoms with E-state index in [1.54, 1.807) is 6.20 Å². The van der Waals surface area contributed by atoms with Gasteiger partial charge in [-0.05, 0) is 23.7 Å². The van der Waals surface area contributed by atoms with E-state index in [1.807, 2.05) is 18.2 Å². The lowest BCUT2D eigenvalue weighted by molar-refractivity contribution is 0.602. The number of hydrogen-bond acceptors (Lipinski definition) is 7. The number of anilines is 2. The van der Waals surface area contributed by atoms with E-state index in [4.69, 9.17) is 5.73 Å². The highest BCUT2D eigenvalue weighted by molar-refractivity contribution is 7.91. The fraction of sp³-hybridized carbons (Fsp3) is 0.200. The van der Waals surface area contributed by atoms with Gasteiger partial charge in [-0.3, -0.25) is 4.98 Å². The molecule has 0 radical (unpaired) electrons. The molecule has 0 bridgehead atoms. The molecule has 0 saturated carbocycles. The van der Waals surface area contributed by atoms with Crippen LogP contribution in [0.2, 0.25) is 0 Å². The van der Waals surface area contributed by atoms with Crippen LogP contribution in [0.1, 0.15) is 5.69 Å². The van der Waals surface area contributed by atoms with Crippen LogP contribution in [-0.2, 0) is 16.4 Å². The predicted molar refractivity (Wildman–Crippen MR) is 71.2 cm³/mol. The van der Waals surface area contributed by atoms with E-state index in [-0.39, 0.29) is 10.7 Å². The Bertz CT molecular complexity index is 637. The SMILES string of the molecule is CS(=O)(=O)c1c(N)nsc1NCc1ccccn1. The molecule has 0 aromatic carbocycles. The first-order chi connectivity index (χ1) is 8.48. The van der Waals surface area contributed by atoms with Gasteiger partial charge < -0.3 is 11.1 Å². The van der Waals surface area contributed by atoms with Crippen molar-refractivity contribution < 1.29 is 8.42 Å². The number of nitrogens with zero attached hydrogens (tertiary/aromatic N) is 2. The number of nitrogens with one attached hydrogen (secondary N) is 1. The first-order valence-corrected chi connectivity index (χ1v) is 7.74. The molecule has 2 aromatic rings. The maximum absolute atomic E-state index is 11.6. The molecular weight excluding hydrogens is 272 g/mol. The molecule has 0 saturated heterocycles. The zero-order valence-electron chi connectivity index (χ0n) is 9.62. The molecule has 2 rings (SSSR count). The Morgan fingerprint density at radius 2 is 2.22 bits per heavy atom. The van der Waals surface area contributed by atoms with Crippen molar-refractivity contribution in [1.82, 2.24) is 9.36 Å². The van der Waals surface area contributed by atoms with Crippen molar-refractivity contribution in [2.24, 2.45) is 0 Å². The highest BCUT2D eigenvalue weighted by atomic mass is 32.2. The molecule has 0 aliphatic rings. The van der Waals surface area contributed by atoms with Crippen LogP contribution in [0.5, 0.6) is 0 Å². The van der Waals surface area contributed by atoms with Crippen LogP contribution < -0.4 is 11.1 Å². The largest absolute Gasteiger partial charge is 0.382 e. The normalized spacial score (nSPS) is 11.4. The van der Waals surface area contributed by atoms with E-state index in [9.17, 15) is 8.42 Å². The third-order valence-electron chi connectivity index (χ3n) is 2.20. The molecule has 18 heavy (non-hydrogen) atoms. The van der Waals surface area contributed by atoms with Crippen molar-refractivity contribution in [2.45, 2.75) is 11.4 Å². The number of pyridine rings is 1. The fourth-order valence-corrected chi connectivity index (χ4v) is 3.50. The second-order valence-electron chi connectivity index (χ2n) is 3.67. The van der Waals surface area contributed by atoms with Gasteiger partial charge in [0, 0.05) is 12.5 Å². The minimum absolute atomic E-state index is 0.0334. The van der Waals surface area contributed by atoms with Gasteiger partial charge in [0.25, 0.3) is 0 Å². The zero-order valence-corrected chi connectivity index (χ0v) is 11.3. The van der Waals surface area contributed by atoms with Crippen LogP contribution in [0.25, 0.3) is 0 Å². The number of aromatic nitrogens is 2. The van der Waals surface area contributed by atoms with Crippen LogP contribution in [-0.4, -0.2) is 24.0 Å². The Labute approximate surface area is 109 Å². The smallest absolute Gasteiger partial charge is 0.182 e. The quantitative estimate of drug-likeness (QED) is 0.873. The van der Waals surface area contributed by atoms with E-state index in [2.05, 4.69) is 14.7 Å². The van der Waals surface area contributed by atoms with Gasteiger partial charge >= 0.3 is 0 Å². The summed E-state index contributed by atoms with van der Waals surface area (Å²) in [7, 11) is -3.39. The Balaban J connectivity index is 2.21. The highest BCUT2D eigenvalue weighted by Gasteiger charge is 2.20. The molecule has 0 atom stereocenters. The topological polar surface area (TPSA) is 98.0 Å². The molecule has 2 aromatic heterocycles. The molecule has 8 heteroatoms.